The van der Waals surface area contributed by atoms with E-state index in [1.165, 1.54) is 16.0 Å². The van der Waals surface area contributed by atoms with Crippen molar-refractivity contribution >= 4 is 11.9 Å². The van der Waals surface area contributed by atoms with Crippen LogP contribution in [0.2, 0.25) is 0 Å². The molecule has 4 heteroatoms. The molecule has 1 aliphatic heterocycles. The molecule has 0 radical (unpaired) electrons. The van der Waals surface area contributed by atoms with Crippen molar-refractivity contribution in [3.05, 3.63) is 65.7 Å². The highest BCUT2D eigenvalue weighted by atomic mass is 32.2. The zero-order chi connectivity index (χ0) is 16.8. The maximum atomic E-state index is 3.40. The molecule has 24 heavy (non-hydrogen) atoms. The van der Waals surface area contributed by atoms with Crippen LogP contribution >= 0.6 is 11.9 Å². The van der Waals surface area contributed by atoms with Crippen LogP contribution in [-0.4, -0.2) is 42.4 Å². The van der Waals surface area contributed by atoms with Gasteiger partial charge in [-0.25, -0.2) is 4.31 Å². The SMILES string of the molecule is C[C@@H](c1ccccc1)N(C)Sc1ccc(CN2CCNCC2)cc1. The number of hydrogen-bond donors (Lipinski definition) is 1. The lowest BCUT2D eigenvalue weighted by Gasteiger charge is -2.27. The molecule has 128 valence electrons. The van der Waals surface area contributed by atoms with Crippen molar-refractivity contribution in [3.8, 4) is 0 Å². The molecule has 0 saturated carbocycles. The fourth-order valence-corrected chi connectivity index (χ4v) is 3.84. The number of hydrogen-bond acceptors (Lipinski definition) is 4. The van der Waals surface area contributed by atoms with Crippen molar-refractivity contribution in [3.63, 3.8) is 0 Å². The molecule has 2 aromatic rings. The molecule has 3 rings (SSSR count). The molecule has 3 nitrogen and oxygen atoms in total. The van der Waals surface area contributed by atoms with Gasteiger partial charge in [0.25, 0.3) is 0 Å². The van der Waals surface area contributed by atoms with Crippen LogP contribution in [0.15, 0.2) is 59.5 Å². The minimum Gasteiger partial charge on any atom is -0.314 e. The van der Waals surface area contributed by atoms with Crippen LogP contribution in [0, 0.1) is 0 Å². The van der Waals surface area contributed by atoms with E-state index in [1.807, 2.05) is 11.9 Å². The normalized spacial score (nSPS) is 17.1. The third kappa shape index (κ3) is 4.84. The Bertz CT molecular complexity index is 609. The highest BCUT2D eigenvalue weighted by molar-refractivity contribution is 7.97. The molecule has 1 heterocycles. The van der Waals surface area contributed by atoms with Gasteiger partial charge in [0, 0.05) is 43.7 Å². The number of rotatable bonds is 6. The van der Waals surface area contributed by atoms with Gasteiger partial charge in [0.1, 0.15) is 0 Å². The Hall–Kier alpha value is -1.33. The first-order chi connectivity index (χ1) is 11.7. The Morgan fingerprint density at radius 3 is 2.38 bits per heavy atom. The molecular formula is C20H27N3S. The van der Waals surface area contributed by atoms with Gasteiger partial charge in [0.2, 0.25) is 0 Å². The smallest absolute Gasteiger partial charge is 0.0424 e. The van der Waals surface area contributed by atoms with E-state index in [0.29, 0.717) is 6.04 Å². The number of benzene rings is 2. The van der Waals surface area contributed by atoms with E-state index >= 15 is 0 Å². The van der Waals surface area contributed by atoms with Crippen molar-refractivity contribution in [1.29, 1.82) is 0 Å². The van der Waals surface area contributed by atoms with Crippen LogP contribution in [0.3, 0.4) is 0 Å². The van der Waals surface area contributed by atoms with Crippen molar-refractivity contribution in [2.75, 3.05) is 33.2 Å². The quantitative estimate of drug-likeness (QED) is 0.806. The molecule has 1 aliphatic rings. The Morgan fingerprint density at radius 2 is 1.71 bits per heavy atom. The largest absolute Gasteiger partial charge is 0.314 e. The highest BCUT2D eigenvalue weighted by Crippen LogP contribution is 2.30. The molecule has 0 aromatic heterocycles. The second kappa shape index (κ2) is 8.67. The minimum absolute atomic E-state index is 0.386. The lowest BCUT2D eigenvalue weighted by atomic mass is 10.1. The van der Waals surface area contributed by atoms with Crippen LogP contribution in [0.25, 0.3) is 0 Å². The Labute approximate surface area is 150 Å². The van der Waals surface area contributed by atoms with Crippen LogP contribution in [-0.2, 0) is 6.54 Å². The van der Waals surface area contributed by atoms with Gasteiger partial charge in [0.15, 0.2) is 0 Å². The molecule has 0 spiro atoms. The summed E-state index contributed by atoms with van der Waals surface area (Å²) >= 11 is 1.81. The third-order valence-corrected chi connectivity index (χ3v) is 5.70. The summed E-state index contributed by atoms with van der Waals surface area (Å²) < 4.78 is 2.32. The molecule has 1 saturated heterocycles. The first-order valence-corrected chi connectivity index (χ1v) is 9.47. The number of piperazine rings is 1. The second-order valence-corrected chi connectivity index (χ2v) is 7.62. The summed E-state index contributed by atoms with van der Waals surface area (Å²) in [6, 6.07) is 20.1. The van der Waals surface area contributed by atoms with Gasteiger partial charge < -0.3 is 5.32 Å². The summed E-state index contributed by atoms with van der Waals surface area (Å²) in [5.74, 6) is 0. The van der Waals surface area contributed by atoms with Gasteiger partial charge in [-0.1, -0.05) is 42.5 Å². The summed E-state index contributed by atoms with van der Waals surface area (Å²) in [5.41, 5.74) is 2.75. The maximum absolute atomic E-state index is 3.40. The molecule has 0 bridgehead atoms. The fraction of sp³-hybridized carbons (Fsp3) is 0.400. The molecule has 1 atom stereocenters. The van der Waals surface area contributed by atoms with Gasteiger partial charge in [0.05, 0.1) is 0 Å². The average Bonchev–Trinajstić information content (AvgIpc) is 2.64. The zero-order valence-corrected chi connectivity index (χ0v) is 15.4. The van der Waals surface area contributed by atoms with Crippen LogP contribution in [0.1, 0.15) is 24.1 Å². The van der Waals surface area contributed by atoms with E-state index in [2.05, 4.69) is 83.1 Å². The fourth-order valence-electron chi connectivity index (χ4n) is 2.97. The van der Waals surface area contributed by atoms with Crippen molar-refractivity contribution in [1.82, 2.24) is 14.5 Å². The molecule has 0 unspecified atom stereocenters. The summed E-state index contributed by atoms with van der Waals surface area (Å²) in [5, 5.41) is 3.40. The number of nitrogens with one attached hydrogen (secondary N) is 1. The molecule has 1 fully saturated rings. The second-order valence-electron chi connectivity index (χ2n) is 6.39. The van der Waals surface area contributed by atoms with Crippen LogP contribution < -0.4 is 5.32 Å². The molecule has 0 amide bonds. The summed E-state index contributed by atoms with van der Waals surface area (Å²) in [7, 11) is 2.16. The van der Waals surface area contributed by atoms with E-state index < -0.39 is 0 Å². The van der Waals surface area contributed by atoms with Gasteiger partial charge in [-0.05, 0) is 49.2 Å². The van der Waals surface area contributed by atoms with Crippen molar-refractivity contribution in [2.24, 2.45) is 0 Å². The molecule has 1 N–H and O–H groups in total. The maximum Gasteiger partial charge on any atom is 0.0424 e. The topological polar surface area (TPSA) is 18.5 Å². The molecule has 2 aromatic carbocycles. The van der Waals surface area contributed by atoms with Gasteiger partial charge in [-0.15, -0.1) is 0 Å². The van der Waals surface area contributed by atoms with Crippen LogP contribution in [0.4, 0.5) is 0 Å². The predicted octanol–water partition coefficient (Wildman–Crippen LogP) is 3.79. The zero-order valence-electron chi connectivity index (χ0n) is 14.6. The summed E-state index contributed by atoms with van der Waals surface area (Å²) in [4.78, 5) is 3.81. The van der Waals surface area contributed by atoms with Crippen molar-refractivity contribution < 1.29 is 0 Å². The van der Waals surface area contributed by atoms with Gasteiger partial charge in [-0.2, -0.15) is 0 Å². The minimum atomic E-state index is 0.386. The van der Waals surface area contributed by atoms with Crippen LogP contribution in [0.5, 0.6) is 0 Å². The predicted molar refractivity (Wildman–Crippen MR) is 103 cm³/mol. The number of nitrogens with zero attached hydrogens (tertiary/aromatic N) is 2. The first kappa shape index (κ1) is 17.5. The standard InChI is InChI=1S/C20H27N3S/c1-17(19-6-4-3-5-7-19)22(2)24-20-10-8-18(9-11-20)16-23-14-12-21-13-15-23/h3-11,17,21H,12-16H2,1-2H3/t17-/m0/s1. The first-order valence-electron chi connectivity index (χ1n) is 8.70. The lowest BCUT2D eigenvalue weighted by Crippen LogP contribution is -2.42. The van der Waals surface area contributed by atoms with Crippen molar-refractivity contribution in [2.45, 2.75) is 24.4 Å². The summed E-state index contributed by atoms with van der Waals surface area (Å²) in [6.07, 6.45) is 0. The van der Waals surface area contributed by atoms with E-state index in [4.69, 9.17) is 0 Å². The summed E-state index contributed by atoms with van der Waals surface area (Å²) in [6.45, 7) is 7.82. The third-order valence-electron chi connectivity index (χ3n) is 4.62. The molecular weight excluding hydrogens is 314 g/mol. The lowest BCUT2D eigenvalue weighted by molar-refractivity contribution is 0.233. The van der Waals surface area contributed by atoms with E-state index in [9.17, 15) is 0 Å². The Kier molecular flexibility index (Phi) is 6.32. The monoisotopic (exact) mass is 341 g/mol. The van der Waals surface area contributed by atoms with Gasteiger partial charge in [-0.3, -0.25) is 4.90 Å². The Morgan fingerprint density at radius 1 is 1.04 bits per heavy atom. The Balaban J connectivity index is 1.55. The highest BCUT2D eigenvalue weighted by Gasteiger charge is 2.13. The van der Waals surface area contributed by atoms with Gasteiger partial charge >= 0.3 is 0 Å². The molecule has 0 aliphatic carbocycles. The van der Waals surface area contributed by atoms with E-state index in [1.54, 1.807) is 0 Å². The average molecular weight is 342 g/mol. The van der Waals surface area contributed by atoms with E-state index in [0.717, 1.165) is 32.7 Å². The van der Waals surface area contributed by atoms with E-state index in [-0.39, 0.29) is 0 Å².